The predicted octanol–water partition coefficient (Wildman–Crippen LogP) is 1.35. The fourth-order valence-corrected chi connectivity index (χ4v) is 2.20. The summed E-state index contributed by atoms with van der Waals surface area (Å²) in [7, 11) is 0. The van der Waals surface area contributed by atoms with Crippen LogP contribution in [0.1, 0.15) is 18.2 Å². The fourth-order valence-electron chi connectivity index (χ4n) is 1.34. The van der Waals surface area contributed by atoms with Gasteiger partial charge in [0.05, 0.1) is 12.3 Å². The van der Waals surface area contributed by atoms with Crippen LogP contribution in [0.25, 0.3) is 0 Å². The molecule has 1 aromatic rings. The molecule has 0 radical (unpaired) electrons. The summed E-state index contributed by atoms with van der Waals surface area (Å²) in [6, 6.07) is 1.74. The molecule has 0 fully saturated rings. The van der Waals surface area contributed by atoms with Crippen molar-refractivity contribution >= 4 is 22.9 Å². The molecule has 1 unspecified atom stereocenters. The summed E-state index contributed by atoms with van der Waals surface area (Å²) in [5, 5.41) is 12.4. The zero-order valence-corrected chi connectivity index (χ0v) is 8.56. The normalized spacial score (nSPS) is 19.9. The molecule has 2 heterocycles. The van der Waals surface area contributed by atoms with E-state index in [2.05, 4.69) is 5.32 Å². The molecule has 0 bridgehead atoms. The number of hydrogen-bond donors (Lipinski definition) is 2. The molecule has 1 aliphatic heterocycles. The van der Waals surface area contributed by atoms with Gasteiger partial charge in [-0.2, -0.15) is 0 Å². The Balaban J connectivity index is 2.28. The van der Waals surface area contributed by atoms with Gasteiger partial charge in [0.1, 0.15) is 0 Å². The van der Waals surface area contributed by atoms with Crippen molar-refractivity contribution in [1.29, 1.82) is 0 Å². The number of amides is 1. The van der Waals surface area contributed by atoms with Crippen molar-refractivity contribution in [1.82, 2.24) is 0 Å². The number of aliphatic hydroxyl groups is 1. The van der Waals surface area contributed by atoms with Crippen molar-refractivity contribution in [3.05, 3.63) is 10.9 Å². The predicted molar refractivity (Wildman–Crippen MR) is 53.6 cm³/mol. The Morgan fingerprint density at radius 2 is 2.50 bits per heavy atom. The van der Waals surface area contributed by atoms with E-state index in [-0.39, 0.29) is 12.5 Å². The number of fused-ring (bicyclic) bond motifs is 1. The Labute approximate surface area is 85.5 Å². The molecular formula is C9H11NO3S. The molecular weight excluding hydrogens is 202 g/mol. The first-order valence-corrected chi connectivity index (χ1v) is 5.27. The second kappa shape index (κ2) is 3.59. The Bertz CT molecular complexity index is 361. The lowest BCUT2D eigenvalue weighted by Crippen LogP contribution is -2.35. The highest BCUT2D eigenvalue weighted by Gasteiger charge is 2.27. The van der Waals surface area contributed by atoms with Crippen LogP contribution in [-0.4, -0.2) is 17.1 Å². The maximum absolute atomic E-state index is 11.4. The first kappa shape index (κ1) is 9.48. The lowest BCUT2D eigenvalue weighted by Gasteiger charge is -2.21. The molecule has 1 amide bonds. The minimum Gasteiger partial charge on any atom is -0.469 e. The highest BCUT2D eigenvalue weighted by molar-refractivity contribution is 7.14. The van der Waals surface area contributed by atoms with Crippen molar-refractivity contribution in [3.63, 3.8) is 0 Å². The van der Waals surface area contributed by atoms with E-state index in [0.29, 0.717) is 17.2 Å². The number of ether oxygens (including phenoxy) is 1. The van der Waals surface area contributed by atoms with Gasteiger partial charge < -0.3 is 15.2 Å². The number of thiophene rings is 1. The molecule has 2 rings (SSSR count). The Kier molecular flexibility index (Phi) is 2.43. The average Bonchev–Trinajstić information content (AvgIpc) is 2.58. The zero-order valence-electron chi connectivity index (χ0n) is 7.74. The largest absolute Gasteiger partial charge is 0.469 e. The monoisotopic (exact) mass is 213 g/mol. The van der Waals surface area contributed by atoms with Gasteiger partial charge in [-0.15, -0.1) is 0 Å². The van der Waals surface area contributed by atoms with Crippen molar-refractivity contribution in [2.75, 3.05) is 5.32 Å². The molecule has 0 spiro atoms. The topological polar surface area (TPSA) is 58.6 Å². The van der Waals surface area contributed by atoms with Gasteiger partial charge >= 0.3 is 0 Å². The van der Waals surface area contributed by atoms with Crippen molar-refractivity contribution in [3.8, 4) is 5.06 Å². The van der Waals surface area contributed by atoms with Crippen molar-refractivity contribution in [2.24, 2.45) is 0 Å². The minimum absolute atomic E-state index is 0.0201. The van der Waals surface area contributed by atoms with Gasteiger partial charge in [-0.25, -0.2) is 0 Å². The first-order chi connectivity index (χ1) is 6.74. The van der Waals surface area contributed by atoms with Crippen LogP contribution < -0.4 is 10.1 Å². The molecule has 76 valence electrons. The van der Waals surface area contributed by atoms with E-state index >= 15 is 0 Å². The van der Waals surface area contributed by atoms with E-state index in [1.807, 2.05) is 6.92 Å². The summed E-state index contributed by atoms with van der Waals surface area (Å²) in [6.45, 7) is 1.88. The molecule has 0 aliphatic carbocycles. The van der Waals surface area contributed by atoms with Crippen LogP contribution in [0.15, 0.2) is 6.07 Å². The highest BCUT2D eigenvalue weighted by atomic mass is 32.1. The number of nitrogens with one attached hydrogen (secondary N) is 1. The van der Waals surface area contributed by atoms with Gasteiger partial charge in [-0.1, -0.05) is 18.3 Å². The summed E-state index contributed by atoms with van der Waals surface area (Å²) >= 11 is 1.37. The number of hydrogen-bond acceptors (Lipinski definition) is 4. The molecule has 2 N–H and O–H groups in total. The Morgan fingerprint density at radius 1 is 1.71 bits per heavy atom. The molecule has 0 aromatic carbocycles. The fraction of sp³-hybridized carbons (Fsp3) is 0.444. The van der Waals surface area contributed by atoms with Crippen LogP contribution in [0.2, 0.25) is 0 Å². The van der Waals surface area contributed by atoms with Crippen LogP contribution in [0.3, 0.4) is 0 Å². The Hall–Kier alpha value is -1.07. The van der Waals surface area contributed by atoms with E-state index in [1.54, 1.807) is 6.07 Å². The number of carbonyl (C=O) groups is 1. The maximum atomic E-state index is 11.4. The first-order valence-electron chi connectivity index (χ1n) is 4.45. The van der Waals surface area contributed by atoms with Gasteiger partial charge in [0.15, 0.2) is 11.2 Å². The average molecular weight is 213 g/mol. The van der Waals surface area contributed by atoms with Crippen LogP contribution in [0.4, 0.5) is 5.69 Å². The minimum atomic E-state index is -0.396. The quantitative estimate of drug-likeness (QED) is 0.779. The second-order valence-electron chi connectivity index (χ2n) is 3.08. The molecule has 0 saturated heterocycles. The van der Waals surface area contributed by atoms with E-state index < -0.39 is 6.10 Å². The summed E-state index contributed by atoms with van der Waals surface area (Å²) in [5.74, 6) is -0.109. The molecule has 1 aliphatic rings. The van der Waals surface area contributed by atoms with Crippen molar-refractivity contribution < 1.29 is 14.6 Å². The maximum Gasteiger partial charge on any atom is 0.265 e. The third kappa shape index (κ3) is 1.49. The lowest BCUT2D eigenvalue weighted by atomic mass is 10.2. The zero-order chi connectivity index (χ0) is 10.1. The second-order valence-corrected chi connectivity index (χ2v) is 4.18. The molecule has 1 atom stereocenters. The molecule has 1 aromatic heterocycles. The van der Waals surface area contributed by atoms with Gasteiger partial charge in [0.25, 0.3) is 5.91 Å². The van der Waals surface area contributed by atoms with Gasteiger partial charge in [0, 0.05) is 4.88 Å². The van der Waals surface area contributed by atoms with Gasteiger partial charge in [-0.05, 0) is 12.5 Å². The third-order valence-electron chi connectivity index (χ3n) is 2.08. The highest BCUT2D eigenvalue weighted by Crippen LogP contribution is 2.38. The van der Waals surface area contributed by atoms with Crippen LogP contribution >= 0.6 is 11.3 Å². The number of carbonyl (C=O) groups excluding carboxylic acids is 1. The number of rotatable bonds is 2. The summed E-state index contributed by atoms with van der Waals surface area (Å²) in [6.07, 6.45) is 0.255. The van der Waals surface area contributed by atoms with Crippen LogP contribution in [0.5, 0.6) is 5.06 Å². The van der Waals surface area contributed by atoms with Gasteiger partial charge in [0.2, 0.25) is 0 Å². The van der Waals surface area contributed by atoms with E-state index in [9.17, 15) is 4.79 Å². The smallest absolute Gasteiger partial charge is 0.265 e. The lowest BCUT2D eigenvalue weighted by molar-refractivity contribution is -0.123. The molecule has 14 heavy (non-hydrogen) atoms. The molecule has 4 nitrogen and oxygen atoms in total. The third-order valence-corrected chi connectivity index (χ3v) is 3.09. The summed E-state index contributed by atoms with van der Waals surface area (Å²) in [5.41, 5.74) is 0.675. The Morgan fingerprint density at radius 3 is 3.14 bits per heavy atom. The summed E-state index contributed by atoms with van der Waals surface area (Å²) < 4.78 is 5.47. The van der Waals surface area contributed by atoms with Crippen LogP contribution in [-0.2, 0) is 11.4 Å². The standard InChI is InChI=1S/C9H11NO3S/c1-2-7-8(12)10-6-3-5(4-11)14-9(6)13-7/h3,7,11H,2,4H2,1H3,(H,10,12). The summed E-state index contributed by atoms with van der Waals surface area (Å²) in [4.78, 5) is 12.2. The van der Waals surface area contributed by atoms with Crippen LogP contribution in [0, 0.1) is 0 Å². The number of aliphatic hydroxyl groups excluding tert-OH is 1. The molecule has 0 saturated carbocycles. The number of anilines is 1. The molecule has 5 heteroatoms. The van der Waals surface area contributed by atoms with E-state index in [1.165, 1.54) is 11.3 Å². The van der Waals surface area contributed by atoms with Gasteiger partial charge in [-0.3, -0.25) is 4.79 Å². The van der Waals surface area contributed by atoms with E-state index in [4.69, 9.17) is 9.84 Å². The SMILES string of the molecule is CCC1Oc2sc(CO)cc2NC1=O. The van der Waals surface area contributed by atoms with Crippen molar-refractivity contribution in [2.45, 2.75) is 26.1 Å². The van der Waals surface area contributed by atoms with E-state index in [0.717, 1.165) is 4.88 Å².